The Balaban J connectivity index is -0.0000000150. The number of rotatable bonds is 0. The third-order valence-electron chi connectivity index (χ3n) is 0. The van der Waals surface area contributed by atoms with Gasteiger partial charge in [-0.1, -0.05) is 0 Å². The molecule has 0 rings (SSSR count). The first-order valence-electron chi connectivity index (χ1n) is 0.504. The van der Waals surface area contributed by atoms with Crippen molar-refractivity contribution in [2.45, 2.75) is 0 Å². The van der Waals surface area contributed by atoms with Crippen LogP contribution in [-0.4, -0.2) is 8.76 Å². The standard InChI is InChI=1S/ClHO2S.Ir.K.H/c1-4(2)3;;;/h(H,2,3);;;/q;;+1;-1. The number of halogens is 1. The SMILES string of the molecule is O=S(O)Cl.[H-].[Ir].[K+]. The largest absolute Gasteiger partial charge is 1.00 e. The minimum atomic E-state index is -2.14. The van der Waals surface area contributed by atoms with E-state index in [-0.39, 0.29) is 72.9 Å². The van der Waals surface area contributed by atoms with Crippen LogP contribution in [0.5, 0.6) is 0 Å². The molecule has 2 nitrogen and oxygen atoms in total. The molecule has 6 heteroatoms. The second-order valence-corrected chi connectivity index (χ2v) is 1.41. The van der Waals surface area contributed by atoms with E-state index in [1.54, 1.807) is 0 Å². The molecule has 0 aromatic rings. The third kappa shape index (κ3) is 30.0. The van der Waals surface area contributed by atoms with Crippen molar-refractivity contribution >= 4 is 21.0 Å². The Morgan fingerprint density at radius 3 is 1.83 bits per heavy atom. The van der Waals surface area contributed by atoms with E-state index < -0.39 is 10.3 Å². The summed E-state index contributed by atoms with van der Waals surface area (Å²) >= 11 is 0. The van der Waals surface area contributed by atoms with Gasteiger partial charge in [-0.25, -0.2) is 4.21 Å². The first-order chi connectivity index (χ1) is 1.73. The average molecular weight is 333 g/mol. The second-order valence-electron chi connectivity index (χ2n) is 0.207. The van der Waals surface area contributed by atoms with Crippen molar-refractivity contribution in [3.05, 3.63) is 0 Å². The molecule has 0 saturated carbocycles. The molecule has 0 aliphatic rings. The molecule has 0 amide bonds. The van der Waals surface area contributed by atoms with Crippen molar-refractivity contribution in [3.63, 3.8) is 0 Å². The Hall–Kier alpha value is 2.69. The van der Waals surface area contributed by atoms with E-state index in [4.69, 9.17) is 8.76 Å². The van der Waals surface area contributed by atoms with E-state index in [2.05, 4.69) is 10.7 Å². The van der Waals surface area contributed by atoms with Crippen LogP contribution >= 0.6 is 10.7 Å². The molecule has 0 aliphatic carbocycles. The van der Waals surface area contributed by atoms with Gasteiger partial charge in [-0.3, -0.25) is 4.55 Å². The summed E-state index contributed by atoms with van der Waals surface area (Å²) in [5.41, 5.74) is 0. The summed E-state index contributed by atoms with van der Waals surface area (Å²) in [5.74, 6) is 0. The Bertz CT molecular complexity index is 40.7. The predicted octanol–water partition coefficient (Wildman–Crippen LogP) is -2.52. The van der Waals surface area contributed by atoms with E-state index in [9.17, 15) is 0 Å². The maximum atomic E-state index is 8.88. The number of hydrogen-bond donors (Lipinski definition) is 1. The van der Waals surface area contributed by atoms with Crippen molar-refractivity contribution in [1.82, 2.24) is 0 Å². The summed E-state index contributed by atoms with van der Waals surface area (Å²) in [6.45, 7) is 0. The van der Waals surface area contributed by atoms with Crippen LogP contribution in [0.2, 0.25) is 0 Å². The van der Waals surface area contributed by atoms with Gasteiger partial charge >= 0.3 is 51.4 Å². The van der Waals surface area contributed by atoms with Gasteiger partial charge in [-0.15, -0.1) is 0 Å². The molecule has 1 N–H and O–H groups in total. The Morgan fingerprint density at radius 2 is 1.83 bits per heavy atom. The van der Waals surface area contributed by atoms with Crippen molar-refractivity contribution in [2.75, 3.05) is 0 Å². The molecule has 0 aromatic heterocycles. The Morgan fingerprint density at radius 1 is 1.83 bits per heavy atom. The molecular formula is H2ClIrKO2S. The monoisotopic (exact) mass is 333 g/mol. The van der Waals surface area contributed by atoms with Gasteiger partial charge in [0, 0.05) is 30.8 Å². The van der Waals surface area contributed by atoms with Gasteiger partial charge in [0.05, 0.1) is 0 Å². The summed E-state index contributed by atoms with van der Waals surface area (Å²) in [7, 11) is 2.16. The first-order valence-corrected chi connectivity index (χ1v) is 2.44. The molecule has 1 radical (unpaired) electrons. The topological polar surface area (TPSA) is 37.3 Å². The molecule has 37 valence electrons. The fourth-order valence-corrected chi connectivity index (χ4v) is 0. The maximum Gasteiger partial charge on any atom is 1.00 e. The predicted molar refractivity (Wildman–Crippen MR) is 17.7 cm³/mol. The molecule has 1 unspecified atom stereocenters. The third-order valence-corrected chi connectivity index (χ3v) is 0. The Labute approximate surface area is 100 Å². The second kappa shape index (κ2) is 10.6. The van der Waals surface area contributed by atoms with Crippen molar-refractivity contribution < 1.29 is 81.7 Å². The zero-order valence-electron chi connectivity index (χ0n) is 3.98. The molecule has 0 saturated heterocycles. The molecule has 0 fully saturated rings. The molecule has 0 heterocycles. The minimum Gasteiger partial charge on any atom is -1.00 e. The van der Waals surface area contributed by atoms with Crippen molar-refractivity contribution in [2.24, 2.45) is 0 Å². The first kappa shape index (κ1) is 15.9. The molecule has 1 atom stereocenters. The fraction of sp³-hybridized carbons (Fsp3) is 0. The zero-order valence-corrected chi connectivity index (χ0v) is 10.1. The van der Waals surface area contributed by atoms with E-state index in [0.717, 1.165) is 0 Å². The van der Waals surface area contributed by atoms with Gasteiger partial charge in [-0.2, -0.15) is 0 Å². The summed E-state index contributed by atoms with van der Waals surface area (Å²) in [6.07, 6.45) is 0. The van der Waals surface area contributed by atoms with Crippen molar-refractivity contribution in [3.8, 4) is 0 Å². The van der Waals surface area contributed by atoms with Gasteiger partial charge < -0.3 is 1.43 Å². The number of hydrogen-bond acceptors (Lipinski definition) is 1. The van der Waals surface area contributed by atoms with Crippen LogP contribution in [0.25, 0.3) is 0 Å². The molecular weight excluding hydrogens is 331 g/mol. The van der Waals surface area contributed by atoms with Gasteiger partial charge in [-0.05, 0) is 0 Å². The van der Waals surface area contributed by atoms with E-state index in [1.807, 2.05) is 0 Å². The van der Waals surface area contributed by atoms with Crippen LogP contribution in [0.1, 0.15) is 1.43 Å². The zero-order chi connectivity index (χ0) is 3.58. The fourth-order valence-electron chi connectivity index (χ4n) is 0. The van der Waals surface area contributed by atoms with E-state index in [0.29, 0.717) is 0 Å². The summed E-state index contributed by atoms with van der Waals surface area (Å²) < 4.78 is 16.2. The van der Waals surface area contributed by atoms with Crippen LogP contribution in [0, 0.1) is 0 Å². The quantitative estimate of drug-likeness (QED) is 0.302. The molecule has 0 aromatic carbocycles. The molecule has 0 bridgehead atoms. The van der Waals surface area contributed by atoms with E-state index in [1.165, 1.54) is 0 Å². The molecule has 6 heavy (non-hydrogen) atoms. The average Bonchev–Trinajstić information content (AvgIpc) is 0.811. The van der Waals surface area contributed by atoms with Crippen LogP contribution in [0.4, 0.5) is 0 Å². The summed E-state index contributed by atoms with van der Waals surface area (Å²) in [5, 5.41) is 0. The van der Waals surface area contributed by atoms with E-state index >= 15 is 0 Å². The van der Waals surface area contributed by atoms with Gasteiger partial charge in [0.25, 0.3) is 10.3 Å². The minimum absolute atomic E-state index is 0. The van der Waals surface area contributed by atoms with Gasteiger partial charge in [0.2, 0.25) is 0 Å². The maximum absolute atomic E-state index is 8.88. The van der Waals surface area contributed by atoms with Gasteiger partial charge in [0.1, 0.15) is 0 Å². The van der Waals surface area contributed by atoms with Crippen LogP contribution in [0.15, 0.2) is 0 Å². The molecule has 0 aliphatic heterocycles. The summed E-state index contributed by atoms with van der Waals surface area (Å²) in [6, 6.07) is 0. The van der Waals surface area contributed by atoms with Crippen molar-refractivity contribution in [1.29, 1.82) is 0 Å². The summed E-state index contributed by atoms with van der Waals surface area (Å²) in [4.78, 5) is 0. The van der Waals surface area contributed by atoms with Crippen LogP contribution < -0.4 is 51.4 Å². The van der Waals surface area contributed by atoms with Crippen LogP contribution in [0.3, 0.4) is 0 Å². The van der Waals surface area contributed by atoms with Crippen LogP contribution in [-0.2, 0) is 30.4 Å². The molecule has 0 spiro atoms. The smallest absolute Gasteiger partial charge is 1.00 e. The Kier molecular flexibility index (Phi) is 28.1. The normalized spacial score (nSPS) is 10.3. The van der Waals surface area contributed by atoms with Gasteiger partial charge in [0.15, 0.2) is 0 Å².